The summed E-state index contributed by atoms with van der Waals surface area (Å²) in [5, 5.41) is 0. The molecule has 1 aromatic heterocycles. The Morgan fingerprint density at radius 1 is 1.00 bits per heavy atom. The van der Waals surface area contributed by atoms with Crippen LogP contribution in [0, 0.1) is 13.8 Å². The maximum Gasteiger partial charge on any atom is 0.131 e. The van der Waals surface area contributed by atoms with Crippen LogP contribution in [0.2, 0.25) is 0 Å². The average molecular weight is 277 g/mol. The van der Waals surface area contributed by atoms with Crippen molar-refractivity contribution in [1.29, 1.82) is 0 Å². The van der Waals surface area contributed by atoms with E-state index in [0.29, 0.717) is 5.82 Å². The molecule has 2 aromatic carbocycles. The molecule has 0 aliphatic carbocycles. The zero-order chi connectivity index (χ0) is 14.8. The lowest BCUT2D eigenvalue weighted by Gasteiger charge is -2.07. The highest BCUT2D eigenvalue weighted by molar-refractivity contribution is 5.71. The quantitative estimate of drug-likeness (QED) is 0.791. The molecule has 0 bridgehead atoms. The first-order valence-corrected chi connectivity index (χ1v) is 7.07. The van der Waals surface area contributed by atoms with Crippen molar-refractivity contribution in [3.05, 3.63) is 71.5 Å². The van der Waals surface area contributed by atoms with Crippen molar-refractivity contribution in [2.45, 2.75) is 20.4 Å². The molecule has 3 heteroatoms. The van der Waals surface area contributed by atoms with E-state index < -0.39 is 0 Å². The van der Waals surface area contributed by atoms with Gasteiger partial charge in [0.25, 0.3) is 0 Å². The van der Waals surface area contributed by atoms with Crippen LogP contribution < -0.4 is 5.73 Å². The average Bonchev–Trinajstić information content (AvgIpc) is 2.84. The van der Waals surface area contributed by atoms with Gasteiger partial charge in [-0.2, -0.15) is 0 Å². The van der Waals surface area contributed by atoms with E-state index in [1.807, 2.05) is 29.1 Å². The van der Waals surface area contributed by atoms with Gasteiger partial charge in [-0.3, -0.25) is 0 Å². The number of aromatic nitrogens is 2. The Labute approximate surface area is 125 Å². The standard InChI is InChI=1S/C18H19N3/c1-13-8-9-16(10-14(13)2)17-18(19)21(12-20-17)11-15-6-4-3-5-7-15/h3-10,12H,11,19H2,1-2H3. The van der Waals surface area contributed by atoms with Crippen LogP contribution in [0.1, 0.15) is 16.7 Å². The van der Waals surface area contributed by atoms with Crippen molar-refractivity contribution in [1.82, 2.24) is 9.55 Å². The molecule has 3 rings (SSSR count). The Morgan fingerprint density at radius 3 is 2.48 bits per heavy atom. The lowest BCUT2D eigenvalue weighted by Crippen LogP contribution is -2.03. The molecule has 0 aliphatic heterocycles. The van der Waals surface area contributed by atoms with Crippen LogP contribution in [0.25, 0.3) is 11.3 Å². The van der Waals surface area contributed by atoms with Gasteiger partial charge in [-0.15, -0.1) is 0 Å². The molecule has 0 unspecified atom stereocenters. The molecule has 21 heavy (non-hydrogen) atoms. The number of rotatable bonds is 3. The lowest BCUT2D eigenvalue weighted by atomic mass is 10.0. The van der Waals surface area contributed by atoms with Crippen molar-refractivity contribution in [3.8, 4) is 11.3 Å². The van der Waals surface area contributed by atoms with Gasteiger partial charge in [0, 0.05) is 5.56 Å². The molecule has 1 heterocycles. The minimum Gasteiger partial charge on any atom is -0.383 e. The van der Waals surface area contributed by atoms with Gasteiger partial charge in [0.1, 0.15) is 11.5 Å². The third kappa shape index (κ3) is 2.68. The molecule has 106 valence electrons. The van der Waals surface area contributed by atoms with Crippen molar-refractivity contribution in [2.24, 2.45) is 0 Å². The van der Waals surface area contributed by atoms with Gasteiger partial charge in [-0.05, 0) is 36.6 Å². The number of hydrogen-bond acceptors (Lipinski definition) is 2. The Morgan fingerprint density at radius 2 is 1.76 bits per heavy atom. The van der Waals surface area contributed by atoms with E-state index in [4.69, 9.17) is 5.73 Å². The number of benzene rings is 2. The van der Waals surface area contributed by atoms with Crippen molar-refractivity contribution in [3.63, 3.8) is 0 Å². The first-order chi connectivity index (χ1) is 10.1. The van der Waals surface area contributed by atoms with Crippen LogP contribution in [0.3, 0.4) is 0 Å². The summed E-state index contributed by atoms with van der Waals surface area (Å²) < 4.78 is 1.99. The van der Waals surface area contributed by atoms with Crippen LogP contribution in [0.4, 0.5) is 5.82 Å². The summed E-state index contributed by atoms with van der Waals surface area (Å²) in [6.45, 7) is 4.96. The maximum atomic E-state index is 6.27. The Bertz CT molecular complexity index is 757. The fourth-order valence-corrected chi connectivity index (χ4v) is 2.41. The van der Waals surface area contributed by atoms with Gasteiger partial charge < -0.3 is 10.3 Å². The summed E-state index contributed by atoms with van der Waals surface area (Å²) in [4.78, 5) is 4.49. The molecule has 0 radical (unpaired) electrons. The van der Waals surface area contributed by atoms with Crippen LogP contribution in [0.5, 0.6) is 0 Å². The monoisotopic (exact) mass is 277 g/mol. The van der Waals surface area contributed by atoms with Crippen molar-refractivity contribution < 1.29 is 0 Å². The number of imidazole rings is 1. The number of hydrogen-bond donors (Lipinski definition) is 1. The number of nitrogen functional groups attached to an aromatic ring is 1. The summed E-state index contributed by atoms with van der Waals surface area (Å²) in [6.07, 6.45) is 1.81. The zero-order valence-corrected chi connectivity index (χ0v) is 12.4. The van der Waals surface area contributed by atoms with Gasteiger partial charge in [0.2, 0.25) is 0 Å². The predicted molar refractivity (Wildman–Crippen MR) is 87.1 cm³/mol. The van der Waals surface area contributed by atoms with Gasteiger partial charge in [-0.1, -0.05) is 42.5 Å². The molecular formula is C18H19N3. The van der Waals surface area contributed by atoms with E-state index in [1.165, 1.54) is 16.7 Å². The minimum absolute atomic E-state index is 0.710. The van der Waals surface area contributed by atoms with Gasteiger partial charge in [0.15, 0.2) is 0 Å². The third-order valence-electron chi connectivity index (χ3n) is 3.85. The van der Waals surface area contributed by atoms with Crippen molar-refractivity contribution in [2.75, 3.05) is 5.73 Å². The van der Waals surface area contributed by atoms with Gasteiger partial charge in [0.05, 0.1) is 12.9 Å². The van der Waals surface area contributed by atoms with E-state index in [2.05, 4.69) is 49.2 Å². The maximum absolute atomic E-state index is 6.27. The molecule has 0 fully saturated rings. The summed E-state index contributed by atoms with van der Waals surface area (Å²) in [5.41, 5.74) is 11.9. The first kappa shape index (κ1) is 13.4. The van der Waals surface area contributed by atoms with E-state index in [1.54, 1.807) is 0 Å². The molecule has 2 N–H and O–H groups in total. The van der Waals surface area contributed by atoms with Crippen molar-refractivity contribution >= 4 is 5.82 Å². The number of nitrogens with zero attached hydrogens (tertiary/aromatic N) is 2. The second-order valence-corrected chi connectivity index (χ2v) is 5.39. The van der Waals surface area contributed by atoms with Crippen LogP contribution in [-0.2, 0) is 6.54 Å². The molecule has 0 saturated carbocycles. The first-order valence-electron chi connectivity index (χ1n) is 7.07. The zero-order valence-electron chi connectivity index (χ0n) is 12.4. The molecular weight excluding hydrogens is 258 g/mol. The lowest BCUT2D eigenvalue weighted by molar-refractivity contribution is 0.808. The molecule has 0 amide bonds. The molecule has 3 aromatic rings. The van der Waals surface area contributed by atoms with Crippen LogP contribution in [0.15, 0.2) is 54.9 Å². The Hall–Kier alpha value is -2.55. The molecule has 0 aliphatic rings. The second kappa shape index (κ2) is 5.44. The topological polar surface area (TPSA) is 43.8 Å². The Kier molecular flexibility index (Phi) is 3.48. The summed E-state index contributed by atoms with van der Waals surface area (Å²) >= 11 is 0. The third-order valence-corrected chi connectivity index (χ3v) is 3.85. The largest absolute Gasteiger partial charge is 0.383 e. The van der Waals surface area contributed by atoms with E-state index >= 15 is 0 Å². The fraction of sp³-hybridized carbons (Fsp3) is 0.167. The minimum atomic E-state index is 0.710. The van der Waals surface area contributed by atoms with Gasteiger partial charge >= 0.3 is 0 Å². The highest BCUT2D eigenvalue weighted by Gasteiger charge is 2.10. The molecule has 0 saturated heterocycles. The highest BCUT2D eigenvalue weighted by atomic mass is 15.1. The predicted octanol–water partition coefficient (Wildman–Crippen LogP) is 3.80. The summed E-state index contributed by atoms with van der Waals surface area (Å²) in [5.74, 6) is 0.710. The number of nitrogens with two attached hydrogens (primary N) is 1. The SMILES string of the molecule is Cc1ccc(-c2ncn(Cc3ccccc3)c2N)cc1C. The second-order valence-electron chi connectivity index (χ2n) is 5.39. The van der Waals surface area contributed by atoms with E-state index in [-0.39, 0.29) is 0 Å². The molecule has 0 atom stereocenters. The van der Waals surface area contributed by atoms with E-state index in [9.17, 15) is 0 Å². The van der Waals surface area contributed by atoms with Crippen LogP contribution in [-0.4, -0.2) is 9.55 Å². The smallest absolute Gasteiger partial charge is 0.131 e. The van der Waals surface area contributed by atoms with Crippen LogP contribution >= 0.6 is 0 Å². The van der Waals surface area contributed by atoms with Gasteiger partial charge in [-0.25, -0.2) is 4.98 Å². The summed E-state index contributed by atoms with van der Waals surface area (Å²) in [7, 11) is 0. The number of aryl methyl sites for hydroxylation is 2. The Balaban J connectivity index is 1.93. The molecule has 3 nitrogen and oxygen atoms in total. The highest BCUT2D eigenvalue weighted by Crippen LogP contribution is 2.26. The number of anilines is 1. The fourth-order valence-electron chi connectivity index (χ4n) is 2.41. The summed E-state index contributed by atoms with van der Waals surface area (Å²) in [6, 6.07) is 16.6. The van der Waals surface area contributed by atoms with E-state index in [0.717, 1.165) is 17.8 Å². The molecule has 0 spiro atoms. The normalized spacial score (nSPS) is 10.8.